The van der Waals surface area contributed by atoms with Crippen LogP contribution in [0.25, 0.3) is 0 Å². The van der Waals surface area contributed by atoms with Crippen LogP contribution in [0, 0.1) is 0 Å². The fourth-order valence-electron chi connectivity index (χ4n) is 2.66. The molecule has 2 rings (SSSR count). The molecule has 2 amide bonds. The zero-order chi connectivity index (χ0) is 21.1. The highest BCUT2D eigenvalue weighted by molar-refractivity contribution is 6.37. The third-order valence-electron chi connectivity index (χ3n) is 3.82. The quantitative estimate of drug-likeness (QED) is 0.460. The smallest absolute Gasteiger partial charge is 0.276 e. The molecule has 150 valence electrons. The van der Waals surface area contributed by atoms with Crippen LogP contribution in [0.5, 0.6) is 0 Å². The standard InChI is InChI=1S/C20H21Cl3N2O3/c1-20(2,3)25(19(27)15-10-9-13(21)11-17(15)23)24(12-28-4)18(26)14-7-5-6-8-16(14)22/h5-11H,12H2,1-4H3. The Morgan fingerprint density at radius 2 is 1.54 bits per heavy atom. The zero-order valence-corrected chi connectivity index (χ0v) is 18.3. The number of hydrazine groups is 1. The summed E-state index contributed by atoms with van der Waals surface area (Å²) >= 11 is 18.4. The van der Waals surface area contributed by atoms with Crippen molar-refractivity contribution in [2.75, 3.05) is 13.8 Å². The molecule has 0 N–H and O–H groups in total. The molecular weight excluding hydrogens is 423 g/mol. The molecule has 0 saturated heterocycles. The number of halogens is 3. The van der Waals surface area contributed by atoms with E-state index >= 15 is 0 Å². The van der Waals surface area contributed by atoms with Crippen molar-refractivity contribution in [3.05, 3.63) is 68.7 Å². The van der Waals surface area contributed by atoms with Gasteiger partial charge in [-0.25, -0.2) is 10.0 Å². The van der Waals surface area contributed by atoms with Crippen molar-refractivity contribution < 1.29 is 14.3 Å². The molecule has 0 atom stereocenters. The molecule has 0 aliphatic rings. The van der Waals surface area contributed by atoms with Crippen molar-refractivity contribution in [1.82, 2.24) is 10.0 Å². The number of benzene rings is 2. The first-order valence-electron chi connectivity index (χ1n) is 8.42. The van der Waals surface area contributed by atoms with Gasteiger partial charge in [-0.2, -0.15) is 0 Å². The number of rotatable bonds is 4. The summed E-state index contributed by atoms with van der Waals surface area (Å²) < 4.78 is 5.21. The second-order valence-corrected chi connectivity index (χ2v) is 8.27. The minimum atomic E-state index is -0.768. The fourth-order valence-corrected chi connectivity index (χ4v) is 3.36. The van der Waals surface area contributed by atoms with Gasteiger partial charge in [0.2, 0.25) is 0 Å². The van der Waals surface area contributed by atoms with E-state index in [-0.39, 0.29) is 27.9 Å². The van der Waals surface area contributed by atoms with Crippen LogP contribution in [0.4, 0.5) is 0 Å². The van der Waals surface area contributed by atoms with Crippen molar-refractivity contribution in [1.29, 1.82) is 0 Å². The summed E-state index contributed by atoms with van der Waals surface area (Å²) in [6.45, 7) is 5.25. The van der Waals surface area contributed by atoms with Gasteiger partial charge in [-0.1, -0.05) is 46.9 Å². The number of nitrogens with zero attached hydrogens (tertiary/aromatic N) is 2. The van der Waals surface area contributed by atoms with Gasteiger partial charge >= 0.3 is 0 Å². The molecule has 0 bridgehead atoms. The van der Waals surface area contributed by atoms with Crippen LogP contribution < -0.4 is 0 Å². The largest absolute Gasteiger partial charge is 0.362 e. The van der Waals surface area contributed by atoms with E-state index in [0.29, 0.717) is 5.02 Å². The highest BCUT2D eigenvalue weighted by Gasteiger charge is 2.37. The minimum Gasteiger partial charge on any atom is -0.362 e. The number of carbonyl (C=O) groups is 2. The van der Waals surface area contributed by atoms with Gasteiger partial charge in [-0.3, -0.25) is 9.59 Å². The molecule has 0 spiro atoms. The Hall–Kier alpha value is -1.79. The monoisotopic (exact) mass is 442 g/mol. The van der Waals surface area contributed by atoms with Crippen LogP contribution in [0.1, 0.15) is 41.5 Å². The van der Waals surface area contributed by atoms with Gasteiger partial charge in [-0.05, 0) is 51.1 Å². The summed E-state index contributed by atoms with van der Waals surface area (Å²) in [6.07, 6.45) is 0. The lowest BCUT2D eigenvalue weighted by molar-refractivity contribution is -0.0863. The maximum absolute atomic E-state index is 13.4. The van der Waals surface area contributed by atoms with E-state index in [1.54, 1.807) is 51.1 Å². The van der Waals surface area contributed by atoms with Crippen LogP contribution in [-0.4, -0.2) is 41.2 Å². The second-order valence-electron chi connectivity index (χ2n) is 7.01. The molecule has 0 heterocycles. The van der Waals surface area contributed by atoms with E-state index in [1.165, 1.54) is 29.3 Å². The molecule has 2 aromatic rings. The third-order valence-corrected chi connectivity index (χ3v) is 4.70. The Bertz CT molecular complexity index is 881. The van der Waals surface area contributed by atoms with Crippen molar-refractivity contribution in [2.45, 2.75) is 26.3 Å². The minimum absolute atomic E-state index is 0.154. The summed E-state index contributed by atoms with van der Waals surface area (Å²) in [5.41, 5.74) is -0.297. The number of hydrogen-bond acceptors (Lipinski definition) is 3. The van der Waals surface area contributed by atoms with Crippen LogP contribution in [0.15, 0.2) is 42.5 Å². The highest BCUT2D eigenvalue weighted by Crippen LogP contribution is 2.28. The summed E-state index contributed by atoms with van der Waals surface area (Å²) in [5.74, 6) is -0.938. The summed E-state index contributed by atoms with van der Waals surface area (Å²) in [6, 6.07) is 11.2. The SMILES string of the molecule is COCN(C(=O)c1ccccc1Cl)N(C(=O)c1ccc(Cl)cc1Cl)C(C)(C)C. The fraction of sp³-hybridized carbons (Fsp3) is 0.300. The van der Waals surface area contributed by atoms with Crippen molar-refractivity contribution in [3.63, 3.8) is 0 Å². The van der Waals surface area contributed by atoms with Gasteiger partial charge in [0.15, 0.2) is 0 Å². The molecular formula is C20H21Cl3N2O3. The van der Waals surface area contributed by atoms with Gasteiger partial charge < -0.3 is 4.74 Å². The van der Waals surface area contributed by atoms with E-state index in [0.717, 1.165) is 0 Å². The summed E-state index contributed by atoms with van der Waals surface area (Å²) in [5, 5.41) is 3.41. The van der Waals surface area contributed by atoms with E-state index in [4.69, 9.17) is 39.5 Å². The molecule has 5 nitrogen and oxygen atoms in total. The maximum Gasteiger partial charge on any atom is 0.276 e. The first-order chi connectivity index (χ1) is 13.1. The lowest BCUT2D eigenvalue weighted by Crippen LogP contribution is -2.58. The van der Waals surface area contributed by atoms with E-state index in [9.17, 15) is 9.59 Å². The zero-order valence-electron chi connectivity index (χ0n) is 16.0. The first-order valence-corrected chi connectivity index (χ1v) is 9.56. The molecule has 0 aliphatic heterocycles. The van der Waals surface area contributed by atoms with Crippen molar-refractivity contribution in [3.8, 4) is 0 Å². The van der Waals surface area contributed by atoms with E-state index < -0.39 is 17.4 Å². The van der Waals surface area contributed by atoms with E-state index in [1.807, 2.05) is 0 Å². The number of methoxy groups -OCH3 is 1. The molecule has 0 aliphatic carbocycles. The van der Waals surface area contributed by atoms with Crippen LogP contribution in [-0.2, 0) is 4.74 Å². The van der Waals surface area contributed by atoms with Crippen LogP contribution in [0.3, 0.4) is 0 Å². The third kappa shape index (κ3) is 4.97. The molecule has 0 radical (unpaired) electrons. The van der Waals surface area contributed by atoms with Crippen molar-refractivity contribution in [2.24, 2.45) is 0 Å². The van der Waals surface area contributed by atoms with Gasteiger partial charge in [0, 0.05) is 12.1 Å². The van der Waals surface area contributed by atoms with E-state index in [2.05, 4.69) is 0 Å². The topological polar surface area (TPSA) is 49.9 Å². The average Bonchev–Trinajstić information content (AvgIpc) is 2.60. The molecule has 28 heavy (non-hydrogen) atoms. The van der Waals surface area contributed by atoms with Gasteiger partial charge in [0.1, 0.15) is 6.73 Å². The summed E-state index contributed by atoms with van der Waals surface area (Å²) in [7, 11) is 1.44. The number of amides is 2. The Morgan fingerprint density at radius 1 is 0.929 bits per heavy atom. The molecule has 0 aromatic heterocycles. The Kier molecular flexibility index (Phi) is 7.34. The van der Waals surface area contributed by atoms with Crippen LogP contribution in [0.2, 0.25) is 15.1 Å². The molecule has 8 heteroatoms. The Labute approximate surface area is 179 Å². The maximum atomic E-state index is 13.4. The summed E-state index contributed by atoms with van der Waals surface area (Å²) in [4.78, 5) is 26.6. The predicted octanol–water partition coefficient (Wildman–Crippen LogP) is 5.55. The van der Waals surface area contributed by atoms with Crippen molar-refractivity contribution >= 4 is 46.6 Å². The second kappa shape index (κ2) is 9.14. The molecule has 2 aromatic carbocycles. The lowest BCUT2D eigenvalue weighted by Gasteiger charge is -2.43. The average molecular weight is 444 g/mol. The normalized spacial score (nSPS) is 11.2. The predicted molar refractivity (Wildman–Crippen MR) is 112 cm³/mol. The Balaban J connectivity index is 2.55. The number of hydrogen-bond donors (Lipinski definition) is 0. The first kappa shape index (κ1) is 22.5. The van der Waals surface area contributed by atoms with Gasteiger partial charge in [0.05, 0.1) is 26.7 Å². The van der Waals surface area contributed by atoms with Gasteiger partial charge in [-0.15, -0.1) is 0 Å². The van der Waals surface area contributed by atoms with Gasteiger partial charge in [0.25, 0.3) is 11.8 Å². The molecule has 0 unspecified atom stereocenters. The highest BCUT2D eigenvalue weighted by atomic mass is 35.5. The van der Waals surface area contributed by atoms with Crippen LogP contribution >= 0.6 is 34.8 Å². The molecule has 0 fully saturated rings. The molecule has 0 saturated carbocycles. The number of carbonyl (C=O) groups excluding carboxylic acids is 2. The number of ether oxygens (including phenoxy) is 1. The Morgan fingerprint density at radius 3 is 2.07 bits per heavy atom. The lowest BCUT2D eigenvalue weighted by atomic mass is 10.1.